The predicted molar refractivity (Wildman–Crippen MR) is 77.6 cm³/mol. The van der Waals surface area contributed by atoms with E-state index in [2.05, 4.69) is 25.8 Å². The van der Waals surface area contributed by atoms with Gasteiger partial charge >= 0.3 is 0 Å². The molecule has 1 heterocycles. The summed E-state index contributed by atoms with van der Waals surface area (Å²) in [5, 5.41) is 4.18. The number of anilines is 2. The smallest absolute Gasteiger partial charge is 0.264 e. The summed E-state index contributed by atoms with van der Waals surface area (Å²) in [4.78, 5) is -0.0387. The molecule has 2 aromatic rings. The zero-order valence-corrected chi connectivity index (χ0v) is 12.9. The van der Waals surface area contributed by atoms with Crippen LogP contribution in [0, 0.1) is 0 Å². The molecule has 0 saturated carbocycles. The van der Waals surface area contributed by atoms with Gasteiger partial charge in [-0.25, -0.2) is 8.42 Å². The number of hydrogen-bond acceptors (Lipinski definition) is 4. The van der Waals surface area contributed by atoms with Gasteiger partial charge in [0.15, 0.2) is 5.82 Å². The summed E-state index contributed by atoms with van der Waals surface area (Å²) in [7, 11) is -2.13. The van der Waals surface area contributed by atoms with E-state index >= 15 is 0 Å². The molecule has 0 aliphatic rings. The number of benzene rings is 1. The molecular weight excluding hydrogens is 356 g/mol. The lowest BCUT2D eigenvalue weighted by atomic mass is 10.3. The lowest BCUT2D eigenvalue weighted by Crippen LogP contribution is -2.14. The summed E-state index contributed by atoms with van der Waals surface area (Å²) >= 11 is 8.96. The van der Waals surface area contributed by atoms with Crippen LogP contribution in [0.3, 0.4) is 0 Å². The van der Waals surface area contributed by atoms with Gasteiger partial charge in [-0.05, 0) is 28.1 Å². The third-order valence-corrected chi connectivity index (χ3v) is 5.02. The molecule has 0 bridgehead atoms. The highest BCUT2D eigenvalue weighted by atomic mass is 79.9. The number of hydrogen-bond donors (Lipinski definition) is 2. The van der Waals surface area contributed by atoms with Gasteiger partial charge in [0.2, 0.25) is 0 Å². The third kappa shape index (κ3) is 3.02. The molecule has 1 aromatic heterocycles. The number of nitrogen functional groups attached to an aromatic ring is 1. The minimum absolute atomic E-state index is 0.0387. The molecule has 9 heteroatoms. The molecule has 0 aliphatic carbocycles. The van der Waals surface area contributed by atoms with E-state index in [1.54, 1.807) is 19.3 Å². The molecule has 0 radical (unpaired) electrons. The van der Waals surface area contributed by atoms with Crippen molar-refractivity contribution in [2.24, 2.45) is 7.05 Å². The summed E-state index contributed by atoms with van der Waals surface area (Å²) in [6, 6.07) is 4.32. The van der Waals surface area contributed by atoms with Crippen LogP contribution in [0.25, 0.3) is 0 Å². The van der Waals surface area contributed by atoms with E-state index in [4.69, 9.17) is 17.3 Å². The van der Waals surface area contributed by atoms with Crippen LogP contribution < -0.4 is 10.5 Å². The van der Waals surface area contributed by atoms with E-state index < -0.39 is 10.0 Å². The minimum atomic E-state index is -3.81. The standard InChI is InChI=1S/C10H10BrClN4O2S/c1-16-3-2-9(14-16)15-19(17,18)8-5-6(12)4-7(13)10(8)11/h2-5H,13H2,1H3,(H,14,15). The van der Waals surface area contributed by atoms with Gasteiger partial charge in [0, 0.05) is 30.0 Å². The Kier molecular flexibility index (Phi) is 3.75. The molecule has 102 valence electrons. The highest BCUT2D eigenvalue weighted by Crippen LogP contribution is 2.32. The van der Waals surface area contributed by atoms with Gasteiger partial charge in [-0.2, -0.15) is 5.10 Å². The first kappa shape index (κ1) is 14.2. The molecule has 3 N–H and O–H groups in total. The maximum atomic E-state index is 12.2. The first-order chi connectivity index (χ1) is 8.79. The van der Waals surface area contributed by atoms with E-state index in [0.717, 1.165) is 0 Å². The normalized spacial score (nSPS) is 11.5. The second kappa shape index (κ2) is 5.03. The molecule has 1 aromatic carbocycles. The van der Waals surface area contributed by atoms with Crippen LogP contribution in [0.15, 0.2) is 33.8 Å². The maximum absolute atomic E-state index is 12.2. The van der Waals surface area contributed by atoms with Crippen molar-refractivity contribution in [3.05, 3.63) is 33.9 Å². The molecular formula is C10H10BrClN4O2S. The first-order valence-electron chi connectivity index (χ1n) is 5.06. The lowest BCUT2D eigenvalue weighted by molar-refractivity contribution is 0.600. The van der Waals surface area contributed by atoms with Crippen molar-refractivity contribution < 1.29 is 8.42 Å². The van der Waals surface area contributed by atoms with Crippen LogP contribution >= 0.6 is 27.5 Å². The van der Waals surface area contributed by atoms with Gasteiger partial charge in [-0.1, -0.05) is 11.6 Å². The first-order valence-corrected chi connectivity index (χ1v) is 7.72. The number of rotatable bonds is 3. The average Bonchev–Trinajstić information content (AvgIpc) is 2.68. The van der Waals surface area contributed by atoms with E-state index in [1.165, 1.54) is 16.8 Å². The van der Waals surface area contributed by atoms with Crippen LogP contribution in [0.2, 0.25) is 5.02 Å². The molecule has 0 atom stereocenters. The van der Waals surface area contributed by atoms with Crippen molar-refractivity contribution in [2.75, 3.05) is 10.5 Å². The number of sulfonamides is 1. The number of aromatic nitrogens is 2. The molecule has 0 fully saturated rings. The zero-order chi connectivity index (χ0) is 14.2. The highest BCUT2D eigenvalue weighted by molar-refractivity contribution is 9.10. The monoisotopic (exact) mass is 364 g/mol. The molecule has 19 heavy (non-hydrogen) atoms. The maximum Gasteiger partial charge on any atom is 0.264 e. The van der Waals surface area contributed by atoms with Gasteiger partial charge < -0.3 is 5.73 Å². The molecule has 0 spiro atoms. The van der Waals surface area contributed by atoms with Crippen LogP contribution in [-0.2, 0) is 17.1 Å². The lowest BCUT2D eigenvalue weighted by Gasteiger charge is -2.09. The van der Waals surface area contributed by atoms with Crippen molar-refractivity contribution >= 4 is 49.1 Å². The predicted octanol–water partition coefficient (Wildman–Crippen LogP) is 2.22. The van der Waals surface area contributed by atoms with Crippen molar-refractivity contribution in [2.45, 2.75) is 4.90 Å². The van der Waals surface area contributed by atoms with Gasteiger partial charge in [0.05, 0.1) is 4.47 Å². The number of nitrogens with one attached hydrogen (secondary N) is 1. The quantitative estimate of drug-likeness (QED) is 0.816. The molecule has 0 amide bonds. The Labute approximate surface area is 123 Å². The summed E-state index contributed by atoms with van der Waals surface area (Å²) in [5.74, 6) is 0.216. The Morgan fingerprint density at radius 1 is 1.47 bits per heavy atom. The van der Waals surface area contributed by atoms with Crippen molar-refractivity contribution in [1.29, 1.82) is 0 Å². The van der Waals surface area contributed by atoms with Gasteiger partial charge in [-0.3, -0.25) is 9.40 Å². The molecule has 2 rings (SSSR count). The second-order valence-electron chi connectivity index (χ2n) is 3.79. The zero-order valence-electron chi connectivity index (χ0n) is 9.76. The van der Waals surface area contributed by atoms with E-state index in [9.17, 15) is 8.42 Å². The Hall–Kier alpha value is -1.25. The van der Waals surface area contributed by atoms with E-state index in [-0.39, 0.29) is 25.9 Å². The van der Waals surface area contributed by atoms with Crippen LogP contribution in [0.4, 0.5) is 11.5 Å². The molecule has 0 aliphatic heterocycles. The van der Waals surface area contributed by atoms with Crippen LogP contribution in [-0.4, -0.2) is 18.2 Å². The topological polar surface area (TPSA) is 90.0 Å². The van der Waals surface area contributed by atoms with Gasteiger partial charge in [0.25, 0.3) is 10.0 Å². The van der Waals surface area contributed by atoms with Gasteiger partial charge in [0.1, 0.15) is 4.90 Å². The van der Waals surface area contributed by atoms with E-state index in [0.29, 0.717) is 0 Å². The molecule has 0 saturated heterocycles. The van der Waals surface area contributed by atoms with Crippen molar-refractivity contribution in [3.8, 4) is 0 Å². The Morgan fingerprint density at radius 3 is 2.74 bits per heavy atom. The summed E-state index contributed by atoms with van der Waals surface area (Å²) in [6.07, 6.45) is 1.62. The van der Waals surface area contributed by atoms with Gasteiger partial charge in [-0.15, -0.1) is 0 Å². The van der Waals surface area contributed by atoms with Crippen LogP contribution in [0.5, 0.6) is 0 Å². The van der Waals surface area contributed by atoms with Crippen LogP contribution in [0.1, 0.15) is 0 Å². The number of aryl methyl sites for hydroxylation is 1. The Balaban J connectivity index is 2.45. The van der Waals surface area contributed by atoms with E-state index in [1.807, 2.05) is 0 Å². The highest BCUT2D eigenvalue weighted by Gasteiger charge is 2.21. The number of nitrogens with zero attached hydrogens (tertiary/aromatic N) is 2. The fourth-order valence-corrected chi connectivity index (χ4v) is 3.73. The molecule has 6 nitrogen and oxygen atoms in total. The minimum Gasteiger partial charge on any atom is -0.398 e. The summed E-state index contributed by atoms with van der Waals surface area (Å²) in [6.45, 7) is 0. The van der Waals surface area contributed by atoms with Crippen molar-refractivity contribution in [1.82, 2.24) is 9.78 Å². The largest absolute Gasteiger partial charge is 0.398 e. The van der Waals surface area contributed by atoms with Crippen molar-refractivity contribution in [3.63, 3.8) is 0 Å². The third-order valence-electron chi connectivity index (χ3n) is 2.27. The fourth-order valence-electron chi connectivity index (χ4n) is 1.44. The Bertz CT molecular complexity index is 729. The number of halogens is 2. The average molecular weight is 366 g/mol. The number of nitrogens with two attached hydrogens (primary N) is 1. The molecule has 0 unspecified atom stereocenters. The fraction of sp³-hybridized carbons (Fsp3) is 0.100. The Morgan fingerprint density at radius 2 is 2.16 bits per heavy atom. The SMILES string of the molecule is Cn1ccc(NS(=O)(=O)c2cc(Cl)cc(N)c2Br)n1. The summed E-state index contributed by atoms with van der Waals surface area (Å²) < 4.78 is 28.6. The second-order valence-corrected chi connectivity index (χ2v) is 6.67. The summed E-state index contributed by atoms with van der Waals surface area (Å²) in [5.41, 5.74) is 5.92.